The number of pyridine rings is 1. The summed E-state index contributed by atoms with van der Waals surface area (Å²) in [6, 6.07) is 19.0. The monoisotopic (exact) mass is 740 g/mol. The Morgan fingerprint density at radius 1 is 0.709 bits per heavy atom. The molecule has 55 heavy (non-hydrogen) atoms. The molecule has 0 saturated carbocycles. The first-order valence-corrected chi connectivity index (χ1v) is 20.5. The fourth-order valence-corrected chi connectivity index (χ4v) is 6.93. The van der Waals surface area contributed by atoms with Crippen molar-refractivity contribution < 1.29 is 14.3 Å². The lowest BCUT2D eigenvalue weighted by Gasteiger charge is -2.36. The van der Waals surface area contributed by atoms with Crippen LogP contribution in [0.1, 0.15) is 83.1 Å². The molecule has 2 aliphatic heterocycles. The Morgan fingerprint density at radius 2 is 1.35 bits per heavy atom. The van der Waals surface area contributed by atoms with Crippen molar-refractivity contribution in [3.05, 3.63) is 133 Å². The van der Waals surface area contributed by atoms with E-state index in [2.05, 4.69) is 131 Å². The van der Waals surface area contributed by atoms with E-state index in [1.165, 1.54) is 21.4 Å². The average molecular weight is 741 g/mol. The zero-order valence-electron chi connectivity index (χ0n) is 32.9. The topological polar surface area (TPSA) is 66.0 Å². The van der Waals surface area contributed by atoms with E-state index in [0.29, 0.717) is 37.6 Å². The zero-order valence-corrected chi connectivity index (χ0v) is 32.9. The Kier molecular flexibility index (Phi) is 17.7. The third kappa shape index (κ3) is 13.7. The SMILES string of the molecule is CC/C=C\C/C=C\C/C=C\C/C=C\C/C=C\C/C=C\CCC(=O)N1C(=O)CCc2ccc(OCCCCN3CCN(c4cccc5ccccc45)CC3)nc21. The van der Waals surface area contributed by atoms with E-state index in [1.807, 2.05) is 18.2 Å². The van der Waals surface area contributed by atoms with E-state index in [-0.39, 0.29) is 18.2 Å². The van der Waals surface area contributed by atoms with Gasteiger partial charge in [0, 0.05) is 56.2 Å². The molecule has 7 nitrogen and oxygen atoms in total. The van der Waals surface area contributed by atoms with Gasteiger partial charge in [-0.3, -0.25) is 14.5 Å². The lowest BCUT2D eigenvalue weighted by atomic mass is 10.0. The second kappa shape index (κ2) is 23.7. The van der Waals surface area contributed by atoms with E-state index in [9.17, 15) is 9.59 Å². The van der Waals surface area contributed by atoms with Crippen molar-refractivity contribution in [1.82, 2.24) is 9.88 Å². The molecule has 1 saturated heterocycles. The number of hydrogen-bond acceptors (Lipinski definition) is 6. The van der Waals surface area contributed by atoms with Crippen LogP contribution in [0, 0.1) is 0 Å². The summed E-state index contributed by atoms with van der Waals surface area (Å²) in [6.07, 6.45) is 35.5. The highest BCUT2D eigenvalue weighted by Crippen LogP contribution is 2.30. The number of allylic oxidation sites excluding steroid dienone is 12. The number of benzene rings is 2. The zero-order chi connectivity index (χ0) is 38.3. The van der Waals surface area contributed by atoms with Crippen LogP contribution in [0.4, 0.5) is 11.5 Å². The lowest BCUT2D eigenvalue weighted by Crippen LogP contribution is -2.46. The van der Waals surface area contributed by atoms with Crippen molar-refractivity contribution in [2.45, 2.75) is 84.0 Å². The number of carbonyl (C=O) groups is 2. The number of fused-ring (bicyclic) bond motifs is 2. The van der Waals surface area contributed by atoms with E-state index >= 15 is 0 Å². The van der Waals surface area contributed by atoms with Gasteiger partial charge in [0.1, 0.15) is 5.82 Å². The molecule has 0 bridgehead atoms. The molecule has 2 aromatic carbocycles. The summed E-state index contributed by atoms with van der Waals surface area (Å²) in [7, 11) is 0. The fourth-order valence-electron chi connectivity index (χ4n) is 6.93. The number of ether oxygens (including phenoxy) is 1. The van der Waals surface area contributed by atoms with Gasteiger partial charge < -0.3 is 9.64 Å². The van der Waals surface area contributed by atoms with E-state index in [4.69, 9.17) is 4.74 Å². The normalized spacial score (nSPS) is 15.7. The maximum atomic E-state index is 13.2. The summed E-state index contributed by atoms with van der Waals surface area (Å²) in [6.45, 7) is 7.89. The molecular weight excluding hydrogens is 681 g/mol. The summed E-state index contributed by atoms with van der Waals surface area (Å²) in [5.41, 5.74) is 2.24. The number of piperazine rings is 1. The number of hydrogen-bond donors (Lipinski definition) is 0. The number of nitrogens with zero attached hydrogens (tertiary/aromatic N) is 4. The van der Waals surface area contributed by atoms with Crippen LogP contribution in [-0.4, -0.2) is 61.0 Å². The Labute approximate surface area is 329 Å². The fraction of sp³-hybridized carbons (Fsp3) is 0.396. The molecule has 2 amide bonds. The first-order valence-electron chi connectivity index (χ1n) is 20.5. The van der Waals surface area contributed by atoms with Gasteiger partial charge in [-0.15, -0.1) is 0 Å². The summed E-state index contributed by atoms with van der Waals surface area (Å²) < 4.78 is 6.03. The Morgan fingerprint density at radius 3 is 2.04 bits per heavy atom. The molecule has 3 heterocycles. The van der Waals surface area contributed by atoms with Gasteiger partial charge in [0.15, 0.2) is 0 Å². The largest absolute Gasteiger partial charge is 0.478 e. The van der Waals surface area contributed by atoms with Gasteiger partial charge in [0.2, 0.25) is 17.7 Å². The highest BCUT2D eigenvalue weighted by atomic mass is 16.5. The second-order valence-corrected chi connectivity index (χ2v) is 14.1. The third-order valence-corrected chi connectivity index (χ3v) is 9.97. The van der Waals surface area contributed by atoms with Crippen LogP contribution in [-0.2, 0) is 16.0 Å². The first-order chi connectivity index (χ1) is 27.1. The van der Waals surface area contributed by atoms with Gasteiger partial charge in [-0.05, 0) is 93.8 Å². The Balaban J connectivity index is 0.952. The van der Waals surface area contributed by atoms with Gasteiger partial charge in [-0.25, -0.2) is 4.90 Å². The third-order valence-electron chi connectivity index (χ3n) is 9.97. The van der Waals surface area contributed by atoms with Gasteiger partial charge >= 0.3 is 0 Å². The molecule has 290 valence electrons. The minimum absolute atomic E-state index is 0.189. The number of rotatable bonds is 21. The molecule has 0 radical (unpaired) electrons. The van der Waals surface area contributed by atoms with Gasteiger partial charge in [0.25, 0.3) is 0 Å². The molecule has 1 fully saturated rings. The quantitative estimate of drug-likeness (QED) is 0.0800. The summed E-state index contributed by atoms with van der Waals surface area (Å²) in [5, 5.41) is 2.61. The number of carbonyl (C=O) groups excluding carboxylic acids is 2. The van der Waals surface area contributed by atoms with Crippen LogP contribution in [0.2, 0.25) is 0 Å². The van der Waals surface area contributed by atoms with Gasteiger partial charge in [-0.2, -0.15) is 4.98 Å². The second-order valence-electron chi connectivity index (χ2n) is 14.1. The molecule has 3 aromatic rings. The molecule has 0 N–H and O–H groups in total. The molecule has 0 aliphatic carbocycles. The number of amides is 2. The van der Waals surface area contributed by atoms with Gasteiger partial charge in [-0.1, -0.05) is 116 Å². The van der Waals surface area contributed by atoms with Crippen molar-refractivity contribution in [3.63, 3.8) is 0 Å². The minimum Gasteiger partial charge on any atom is -0.478 e. The van der Waals surface area contributed by atoms with Crippen molar-refractivity contribution >= 4 is 34.1 Å². The lowest BCUT2D eigenvalue weighted by molar-refractivity contribution is -0.126. The van der Waals surface area contributed by atoms with Gasteiger partial charge in [0.05, 0.1) is 6.61 Å². The molecule has 0 spiro atoms. The number of unbranched alkanes of at least 4 members (excludes halogenated alkanes) is 1. The number of aryl methyl sites for hydroxylation is 1. The van der Waals surface area contributed by atoms with Crippen molar-refractivity contribution in [3.8, 4) is 5.88 Å². The maximum absolute atomic E-state index is 13.2. The molecule has 5 rings (SSSR count). The minimum atomic E-state index is -0.212. The number of aromatic nitrogens is 1. The van der Waals surface area contributed by atoms with E-state index in [1.54, 1.807) is 0 Å². The van der Waals surface area contributed by atoms with Crippen LogP contribution in [0.25, 0.3) is 10.8 Å². The molecular formula is C48H60N4O3. The molecule has 2 aliphatic rings. The Hall–Kier alpha value is -5.01. The van der Waals surface area contributed by atoms with Crippen molar-refractivity contribution in [1.29, 1.82) is 0 Å². The smallest absolute Gasteiger partial charge is 0.235 e. The maximum Gasteiger partial charge on any atom is 0.235 e. The highest BCUT2D eigenvalue weighted by molar-refractivity contribution is 6.15. The molecule has 1 aromatic heterocycles. The first kappa shape index (κ1) is 41.2. The summed E-state index contributed by atoms with van der Waals surface area (Å²) in [4.78, 5) is 37.1. The summed E-state index contributed by atoms with van der Waals surface area (Å²) >= 11 is 0. The van der Waals surface area contributed by atoms with Crippen LogP contribution in [0.3, 0.4) is 0 Å². The molecule has 7 heteroatoms. The number of imide groups is 1. The van der Waals surface area contributed by atoms with E-state index in [0.717, 1.165) is 89.7 Å². The van der Waals surface area contributed by atoms with Crippen molar-refractivity contribution in [2.24, 2.45) is 0 Å². The number of anilines is 2. The predicted octanol–water partition coefficient (Wildman–Crippen LogP) is 10.5. The summed E-state index contributed by atoms with van der Waals surface area (Å²) in [5.74, 6) is 0.499. The van der Waals surface area contributed by atoms with Crippen LogP contribution in [0.5, 0.6) is 5.88 Å². The average Bonchev–Trinajstić information content (AvgIpc) is 3.21. The van der Waals surface area contributed by atoms with Crippen LogP contribution >= 0.6 is 0 Å². The van der Waals surface area contributed by atoms with Crippen molar-refractivity contribution in [2.75, 3.05) is 49.1 Å². The molecule has 0 atom stereocenters. The standard InChI is InChI=1S/C48H60N4O3/c1-2-3-4-5-6-7-8-9-10-11-12-13-14-15-16-17-18-19-20-30-46(53)52-47(54)34-32-42-31-33-45(49-48(42)52)55-40-24-23-35-50-36-38-51(39-37-50)44-29-25-27-41-26-21-22-28-43(41)44/h3-4,6-7,9-10,12-13,15-16,18-19,21-22,25-29,31,33H,2,5,8,11,14,17,20,23-24,30,32,34-40H2,1H3/b4-3-,7-6-,10-9-,13-12-,16-15-,19-18-. The molecule has 0 unspecified atom stereocenters. The Bertz CT molecular complexity index is 1820. The van der Waals surface area contributed by atoms with Crippen LogP contribution < -0.4 is 14.5 Å². The van der Waals surface area contributed by atoms with Crippen LogP contribution in [0.15, 0.2) is 128 Å². The highest BCUT2D eigenvalue weighted by Gasteiger charge is 2.30. The van der Waals surface area contributed by atoms with E-state index < -0.39 is 0 Å². The predicted molar refractivity (Wildman–Crippen MR) is 230 cm³/mol.